The van der Waals surface area contributed by atoms with E-state index < -0.39 is 25.9 Å². The van der Waals surface area contributed by atoms with E-state index in [4.69, 9.17) is 5.73 Å². The maximum absolute atomic E-state index is 12.4. The van der Waals surface area contributed by atoms with Crippen molar-refractivity contribution in [1.29, 1.82) is 0 Å². The van der Waals surface area contributed by atoms with Gasteiger partial charge in [0.05, 0.1) is 11.5 Å². The monoisotopic (exact) mass is 329 g/mol. The van der Waals surface area contributed by atoms with Crippen molar-refractivity contribution in [1.82, 2.24) is 9.71 Å². The van der Waals surface area contributed by atoms with E-state index in [2.05, 4.69) is 9.71 Å². The van der Waals surface area contributed by atoms with E-state index in [0.29, 0.717) is 23.0 Å². The predicted molar refractivity (Wildman–Crippen MR) is 80.1 cm³/mol. The third kappa shape index (κ3) is 2.76. The van der Waals surface area contributed by atoms with Gasteiger partial charge in [0.2, 0.25) is 10.0 Å². The third-order valence-corrected chi connectivity index (χ3v) is 6.84. The quantitative estimate of drug-likeness (QED) is 0.695. The maximum Gasteiger partial charge on any atom is 0.242 e. The Hall–Kier alpha value is -1.58. The number of hydrogen-bond donors (Lipinski definition) is 3. The third-order valence-electron chi connectivity index (χ3n) is 3.51. The van der Waals surface area contributed by atoms with E-state index in [1.165, 1.54) is 6.20 Å². The number of nitrogens with one attached hydrogen (secondary N) is 2. The zero-order chi connectivity index (χ0) is 15.3. The lowest BCUT2D eigenvalue weighted by atomic mass is 10.2. The molecule has 1 saturated heterocycles. The first kappa shape index (κ1) is 14.4. The predicted octanol–water partition coefficient (Wildman–Crippen LogP) is 0.216. The molecule has 1 unspecified atom stereocenters. The van der Waals surface area contributed by atoms with Gasteiger partial charge in [-0.3, -0.25) is 0 Å². The van der Waals surface area contributed by atoms with Crippen molar-refractivity contribution in [2.45, 2.75) is 17.4 Å². The first-order valence-corrected chi connectivity index (χ1v) is 9.67. The van der Waals surface area contributed by atoms with Gasteiger partial charge in [0.15, 0.2) is 9.84 Å². The number of anilines is 1. The van der Waals surface area contributed by atoms with Crippen LogP contribution >= 0.6 is 0 Å². The zero-order valence-corrected chi connectivity index (χ0v) is 12.7. The Morgan fingerprint density at radius 1 is 1.33 bits per heavy atom. The van der Waals surface area contributed by atoms with Crippen molar-refractivity contribution in [2.75, 3.05) is 17.2 Å². The molecule has 3 rings (SSSR count). The van der Waals surface area contributed by atoms with Crippen LogP contribution in [0.25, 0.3) is 10.9 Å². The minimum Gasteiger partial charge on any atom is -0.399 e. The van der Waals surface area contributed by atoms with Gasteiger partial charge >= 0.3 is 0 Å². The van der Waals surface area contributed by atoms with E-state index in [0.717, 1.165) is 0 Å². The lowest BCUT2D eigenvalue weighted by Gasteiger charge is -2.10. The zero-order valence-electron chi connectivity index (χ0n) is 11.0. The van der Waals surface area contributed by atoms with Gasteiger partial charge in [0.1, 0.15) is 4.90 Å². The Labute approximate surface area is 122 Å². The second-order valence-electron chi connectivity index (χ2n) is 5.18. The van der Waals surface area contributed by atoms with Crippen LogP contribution in [0.15, 0.2) is 29.3 Å². The van der Waals surface area contributed by atoms with Crippen molar-refractivity contribution < 1.29 is 16.8 Å². The number of nitrogen functional groups attached to an aromatic ring is 1. The van der Waals surface area contributed by atoms with Gasteiger partial charge in [-0.15, -0.1) is 0 Å². The van der Waals surface area contributed by atoms with Crippen LogP contribution in [-0.2, 0) is 19.9 Å². The number of benzene rings is 1. The molecule has 2 aromatic rings. The largest absolute Gasteiger partial charge is 0.399 e. The molecule has 2 heterocycles. The minimum absolute atomic E-state index is 0.0185. The normalized spacial score (nSPS) is 21.8. The highest BCUT2D eigenvalue weighted by Gasteiger charge is 2.32. The fraction of sp³-hybridized carbons (Fsp3) is 0.333. The summed E-state index contributed by atoms with van der Waals surface area (Å²) in [5.74, 6) is -0.133. The summed E-state index contributed by atoms with van der Waals surface area (Å²) in [7, 11) is -6.91. The van der Waals surface area contributed by atoms with Crippen LogP contribution in [0.2, 0.25) is 0 Å². The number of H-pyrrole nitrogens is 1. The number of hydrogen-bond acceptors (Lipinski definition) is 5. The molecule has 114 valence electrons. The highest BCUT2D eigenvalue weighted by molar-refractivity contribution is 7.92. The second-order valence-corrected chi connectivity index (χ2v) is 9.09. The first-order chi connectivity index (χ1) is 9.77. The number of nitrogens with two attached hydrogens (primary N) is 1. The summed E-state index contributed by atoms with van der Waals surface area (Å²) in [5, 5.41) is 0.526. The van der Waals surface area contributed by atoms with Crippen LogP contribution in [0.3, 0.4) is 0 Å². The molecule has 1 aliphatic heterocycles. The van der Waals surface area contributed by atoms with E-state index >= 15 is 0 Å². The van der Waals surface area contributed by atoms with Crippen LogP contribution < -0.4 is 10.5 Å². The summed E-state index contributed by atoms with van der Waals surface area (Å²) in [4.78, 5) is 2.96. The molecule has 1 aliphatic rings. The number of sulfonamides is 1. The number of rotatable bonds is 3. The molecular weight excluding hydrogens is 314 g/mol. The summed E-state index contributed by atoms with van der Waals surface area (Å²) < 4.78 is 50.1. The van der Waals surface area contributed by atoms with Crippen LogP contribution in [0.1, 0.15) is 6.42 Å². The lowest BCUT2D eigenvalue weighted by molar-refractivity contribution is 0.563. The molecule has 0 spiro atoms. The minimum atomic E-state index is -3.78. The highest BCUT2D eigenvalue weighted by atomic mass is 32.2. The average Bonchev–Trinajstić information content (AvgIpc) is 2.92. The number of fused-ring (bicyclic) bond motifs is 1. The lowest BCUT2D eigenvalue weighted by Crippen LogP contribution is -2.35. The fourth-order valence-corrected chi connectivity index (χ4v) is 5.74. The molecule has 1 aromatic carbocycles. The van der Waals surface area contributed by atoms with Gasteiger partial charge in [-0.1, -0.05) is 0 Å². The maximum atomic E-state index is 12.4. The van der Waals surface area contributed by atoms with Gasteiger partial charge in [0, 0.05) is 28.8 Å². The summed E-state index contributed by atoms with van der Waals surface area (Å²) >= 11 is 0. The Balaban J connectivity index is 1.94. The van der Waals surface area contributed by atoms with Crippen LogP contribution in [0.5, 0.6) is 0 Å². The van der Waals surface area contributed by atoms with Crippen molar-refractivity contribution in [2.24, 2.45) is 0 Å². The van der Waals surface area contributed by atoms with Gasteiger partial charge in [-0.2, -0.15) is 0 Å². The molecule has 4 N–H and O–H groups in total. The molecule has 0 amide bonds. The molecule has 0 saturated carbocycles. The Morgan fingerprint density at radius 3 is 2.76 bits per heavy atom. The number of aromatic nitrogens is 1. The van der Waals surface area contributed by atoms with E-state index in [1.54, 1.807) is 18.2 Å². The molecule has 0 radical (unpaired) electrons. The molecule has 1 atom stereocenters. The SMILES string of the molecule is Nc1ccc2c(S(=O)(=O)NC3CCS(=O)(=O)C3)c[nH]c2c1. The van der Waals surface area contributed by atoms with Crippen LogP contribution in [0, 0.1) is 0 Å². The standard InChI is InChI=1S/C12H15N3O4S2/c13-8-1-2-10-11(5-8)14-6-12(10)21(18,19)15-9-3-4-20(16,17)7-9/h1-2,5-6,9,14-15H,3-4,7,13H2. The van der Waals surface area contributed by atoms with Gasteiger partial charge in [-0.05, 0) is 24.6 Å². The summed E-state index contributed by atoms with van der Waals surface area (Å²) in [6.45, 7) is 0. The van der Waals surface area contributed by atoms with Crippen LogP contribution in [0.4, 0.5) is 5.69 Å². The molecule has 21 heavy (non-hydrogen) atoms. The number of sulfone groups is 1. The molecular formula is C12H15N3O4S2. The fourth-order valence-electron chi connectivity index (χ4n) is 2.51. The molecule has 0 bridgehead atoms. The molecule has 9 heteroatoms. The first-order valence-electron chi connectivity index (χ1n) is 6.36. The molecule has 1 aromatic heterocycles. The second kappa shape index (κ2) is 4.72. The highest BCUT2D eigenvalue weighted by Crippen LogP contribution is 2.25. The van der Waals surface area contributed by atoms with Crippen molar-refractivity contribution >= 4 is 36.5 Å². The summed E-state index contributed by atoms with van der Waals surface area (Å²) in [6, 6.07) is 4.32. The van der Waals surface area contributed by atoms with Crippen molar-refractivity contribution in [3.8, 4) is 0 Å². The van der Waals surface area contributed by atoms with Crippen molar-refractivity contribution in [3.05, 3.63) is 24.4 Å². The molecule has 7 nitrogen and oxygen atoms in total. The smallest absolute Gasteiger partial charge is 0.242 e. The molecule has 0 aliphatic carbocycles. The average molecular weight is 329 g/mol. The van der Waals surface area contributed by atoms with Crippen LogP contribution in [-0.4, -0.2) is 39.4 Å². The molecule has 1 fully saturated rings. The Kier molecular flexibility index (Phi) is 3.23. The van der Waals surface area contributed by atoms with Gasteiger partial charge in [-0.25, -0.2) is 21.6 Å². The van der Waals surface area contributed by atoms with E-state index in [9.17, 15) is 16.8 Å². The Bertz CT molecular complexity index is 900. The summed E-state index contributed by atoms with van der Waals surface area (Å²) in [5.41, 5.74) is 6.80. The van der Waals surface area contributed by atoms with Gasteiger partial charge < -0.3 is 10.7 Å². The topological polar surface area (TPSA) is 122 Å². The van der Waals surface area contributed by atoms with E-state index in [-0.39, 0.29) is 16.4 Å². The van der Waals surface area contributed by atoms with Crippen molar-refractivity contribution in [3.63, 3.8) is 0 Å². The Morgan fingerprint density at radius 2 is 2.10 bits per heavy atom. The summed E-state index contributed by atoms with van der Waals surface area (Å²) in [6.07, 6.45) is 1.69. The van der Waals surface area contributed by atoms with Gasteiger partial charge in [0.25, 0.3) is 0 Å². The van der Waals surface area contributed by atoms with E-state index in [1.807, 2.05) is 0 Å². The number of aromatic amines is 1.